The van der Waals surface area contributed by atoms with Gasteiger partial charge in [-0.2, -0.15) is 0 Å². The molecule has 30 heavy (non-hydrogen) atoms. The molecule has 6 nitrogen and oxygen atoms in total. The SMILES string of the molecule is COCC(=O)N1CCN(C2CCC(C)(C)CC2)C[C@](O)(COc2cccc(F)c2)C1. The molecular weight excluding hydrogens is 387 g/mol. The van der Waals surface area contributed by atoms with Crippen molar-refractivity contribution >= 4 is 5.91 Å². The first kappa shape index (κ1) is 23.0. The lowest BCUT2D eigenvalue weighted by Gasteiger charge is -2.41. The van der Waals surface area contributed by atoms with Crippen LogP contribution in [0.15, 0.2) is 24.3 Å². The molecule has 1 saturated carbocycles. The zero-order chi connectivity index (χ0) is 21.8. The number of nitrogens with zero attached hydrogens (tertiary/aromatic N) is 2. The summed E-state index contributed by atoms with van der Waals surface area (Å²) in [5.74, 6) is -0.162. The molecule has 2 aliphatic rings. The number of hydrogen-bond acceptors (Lipinski definition) is 5. The van der Waals surface area contributed by atoms with E-state index in [1.165, 1.54) is 19.2 Å². The lowest BCUT2D eigenvalue weighted by atomic mass is 9.75. The highest BCUT2D eigenvalue weighted by molar-refractivity contribution is 5.77. The molecule has 7 heteroatoms. The molecule has 1 amide bonds. The van der Waals surface area contributed by atoms with Crippen molar-refractivity contribution in [3.8, 4) is 5.75 Å². The zero-order valence-electron chi connectivity index (χ0n) is 18.4. The Morgan fingerprint density at radius 3 is 2.63 bits per heavy atom. The molecule has 1 atom stereocenters. The van der Waals surface area contributed by atoms with Crippen molar-refractivity contribution in [2.45, 2.75) is 51.2 Å². The summed E-state index contributed by atoms with van der Waals surface area (Å²) in [4.78, 5) is 16.5. The summed E-state index contributed by atoms with van der Waals surface area (Å²) in [7, 11) is 1.49. The predicted molar refractivity (Wildman–Crippen MR) is 113 cm³/mol. The largest absolute Gasteiger partial charge is 0.490 e. The van der Waals surface area contributed by atoms with Gasteiger partial charge >= 0.3 is 0 Å². The van der Waals surface area contributed by atoms with Crippen LogP contribution in [0.25, 0.3) is 0 Å². The number of carbonyl (C=O) groups excluding carboxylic acids is 1. The smallest absolute Gasteiger partial charge is 0.248 e. The van der Waals surface area contributed by atoms with Gasteiger partial charge in [0.1, 0.15) is 30.4 Å². The summed E-state index contributed by atoms with van der Waals surface area (Å²) < 4.78 is 24.3. The molecule has 1 N–H and O–H groups in total. The number of methoxy groups -OCH3 is 1. The van der Waals surface area contributed by atoms with Gasteiger partial charge < -0.3 is 19.5 Å². The van der Waals surface area contributed by atoms with Crippen LogP contribution >= 0.6 is 0 Å². The molecule has 0 unspecified atom stereocenters. The Labute approximate surface area is 178 Å². The fraction of sp³-hybridized carbons (Fsp3) is 0.696. The fourth-order valence-corrected chi connectivity index (χ4v) is 4.54. The lowest BCUT2D eigenvalue weighted by molar-refractivity contribution is -0.138. The first-order chi connectivity index (χ1) is 14.2. The molecule has 0 bridgehead atoms. The molecule has 0 radical (unpaired) electrons. The predicted octanol–water partition coefficient (Wildman–Crippen LogP) is 2.69. The highest BCUT2D eigenvalue weighted by Gasteiger charge is 2.40. The van der Waals surface area contributed by atoms with Crippen LogP contribution in [0, 0.1) is 11.2 Å². The second-order valence-corrected chi connectivity index (χ2v) is 9.58. The first-order valence-electron chi connectivity index (χ1n) is 10.8. The van der Waals surface area contributed by atoms with Gasteiger partial charge in [0, 0.05) is 38.9 Å². The van der Waals surface area contributed by atoms with Crippen LogP contribution in [0.3, 0.4) is 0 Å². The van der Waals surface area contributed by atoms with Crippen molar-refractivity contribution in [2.75, 3.05) is 46.5 Å². The zero-order valence-corrected chi connectivity index (χ0v) is 18.4. The highest BCUT2D eigenvalue weighted by Crippen LogP contribution is 2.37. The topological polar surface area (TPSA) is 62.2 Å². The Morgan fingerprint density at radius 2 is 1.97 bits per heavy atom. The van der Waals surface area contributed by atoms with Crippen molar-refractivity contribution in [1.82, 2.24) is 9.80 Å². The van der Waals surface area contributed by atoms with Crippen LogP contribution in [0.2, 0.25) is 0 Å². The molecule has 0 spiro atoms. The minimum Gasteiger partial charge on any atom is -0.490 e. The van der Waals surface area contributed by atoms with Crippen LogP contribution in [0.4, 0.5) is 4.39 Å². The quantitative estimate of drug-likeness (QED) is 0.764. The van der Waals surface area contributed by atoms with Crippen molar-refractivity contribution in [3.05, 3.63) is 30.1 Å². The molecular formula is C23H35FN2O4. The molecule has 1 saturated heterocycles. The van der Waals surface area contributed by atoms with E-state index >= 15 is 0 Å². The van der Waals surface area contributed by atoms with Crippen molar-refractivity contribution in [3.63, 3.8) is 0 Å². The summed E-state index contributed by atoms with van der Waals surface area (Å²) in [6.07, 6.45) is 4.47. The summed E-state index contributed by atoms with van der Waals surface area (Å²) in [6.45, 7) is 6.43. The molecule has 1 aliphatic carbocycles. The number of halogens is 1. The van der Waals surface area contributed by atoms with Gasteiger partial charge in [-0.15, -0.1) is 0 Å². The number of amides is 1. The van der Waals surface area contributed by atoms with E-state index in [0.717, 1.165) is 25.7 Å². The average molecular weight is 423 g/mol. The third-order valence-corrected chi connectivity index (χ3v) is 6.39. The van der Waals surface area contributed by atoms with E-state index in [-0.39, 0.29) is 31.5 Å². The maximum absolute atomic E-state index is 13.5. The number of benzene rings is 1. The van der Waals surface area contributed by atoms with E-state index in [0.29, 0.717) is 36.8 Å². The average Bonchev–Trinajstić information content (AvgIpc) is 2.86. The van der Waals surface area contributed by atoms with Crippen molar-refractivity contribution < 1.29 is 23.8 Å². The van der Waals surface area contributed by atoms with Gasteiger partial charge in [-0.1, -0.05) is 19.9 Å². The third kappa shape index (κ3) is 6.15. The van der Waals surface area contributed by atoms with Crippen molar-refractivity contribution in [2.24, 2.45) is 5.41 Å². The van der Waals surface area contributed by atoms with E-state index in [2.05, 4.69) is 18.7 Å². The van der Waals surface area contributed by atoms with Gasteiger partial charge in [-0.25, -0.2) is 4.39 Å². The molecule has 1 aliphatic heterocycles. The van der Waals surface area contributed by atoms with Crippen LogP contribution < -0.4 is 4.74 Å². The summed E-state index contributed by atoms with van der Waals surface area (Å²) in [6, 6.07) is 6.28. The fourth-order valence-electron chi connectivity index (χ4n) is 4.54. The number of β-amino-alcohol motifs (C(OH)–C–C–N with tert-alkyl or cyclic N) is 1. The lowest BCUT2D eigenvalue weighted by Crippen LogP contribution is -2.54. The molecule has 1 heterocycles. The molecule has 1 aromatic rings. The Morgan fingerprint density at radius 1 is 1.23 bits per heavy atom. The Kier molecular flexibility index (Phi) is 7.37. The Bertz CT molecular complexity index is 719. The number of rotatable bonds is 6. The van der Waals surface area contributed by atoms with Gasteiger partial charge in [0.25, 0.3) is 0 Å². The number of ether oxygens (including phenoxy) is 2. The molecule has 3 rings (SSSR count). The van der Waals surface area contributed by atoms with Gasteiger partial charge in [0.2, 0.25) is 5.91 Å². The second-order valence-electron chi connectivity index (χ2n) is 9.58. The summed E-state index contributed by atoms with van der Waals surface area (Å²) in [5.41, 5.74) is -0.890. The van der Waals surface area contributed by atoms with E-state index < -0.39 is 5.60 Å². The maximum atomic E-state index is 13.5. The minimum atomic E-state index is -1.25. The number of aliphatic hydroxyl groups is 1. The summed E-state index contributed by atoms with van der Waals surface area (Å²) >= 11 is 0. The third-order valence-electron chi connectivity index (χ3n) is 6.39. The first-order valence-corrected chi connectivity index (χ1v) is 10.8. The standard InChI is InChI=1S/C23H35FN2O4/c1-22(2)9-7-19(8-10-22)25-11-12-26(21(27)14-29-3)16-23(28,15-25)17-30-20-6-4-5-18(24)13-20/h4-6,13,19,28H,7-12,14-17H2,1-3H3/t23-/m1/s1. The van der Waals surface area contributed by atoms with Gasteiger partial charge in [0.05, 0.1) is 6.54 Å². The number of carbonyl (C=O) groups is 1. The maximum Gasteiger partial charge on any atom is 0.248 e. The Balaban J connectivity index is 1.73. The van der Waals surface area contributed by atoms with Crippen LogP contribution in [0.5, 0.6) is 5.75 Å². The van der Waals surface area contributed by atoms with E-state index in [1.54, 1.807) is 17.0 Å². The van der Waals surface area contributed by atoms with Crippen LogP contribution in [0.1, 0.15) is 39.5 Å². The van der Waals surface area contributed by atoms with Gasteiger partial charge in [0.15, 0.2) is 0 Å². The highest BCUT2D eigenvalue weighted by atomic mass is 19.1. The summed E-state index contributed by atoms with van der Waals surface area (Å²) in [5, 5.41) is 11.5. The molecule has 2 fully saturated rings. The normalized spacial score (nSPS) is 25.7. The van der Waals surface area contributed by atoms with E-state index in [9.17, 15) is 14.3 Å². The van der Waals surface area contributed by atoms with Gasteiger partial charge in [-0.3, -0.25) is 9.69 Å². The van der Waals surface area contributed by atoms with Crippen LogP contribution in [-0.2, 0) is 9.53 Å². The van der Waals surface area contributed by atoms with E-state index in [1.807, 2.05) is 0 Å². The minimum absolute atomic E-state index is 0.0120. The second kappa shape index (κ2) is 9.62. The molecule has 0 aromatic heterocycles. The van der Waals surface area contributed by atoms with Gasteiger partial charge in [-0.05, 0) is 43.2 Å². The van der Waals surface area contributed by atoms with E-state index in [4.69, 9.17) is 9.47 Å². The Hall–Kier alpha value is -1.70. The van der Waals surface area contributed by atoms with Crippen LogP contribution in [-0.4, -0.2) is 79.0 Å². The van der Waals surface area contributed by atoms with Crippen molar-refractivity contribution in [1.29, 1.82) is 0 Å². The molecule has 1 aromatic carbocycles. The molecule has 168 valence electrons. The number of hydrogen-bond donors (Lipinski definition) is 1. The monoisotopic (exact) mass is 422 g/mol.